The monoisotopic (exact) mass is 210 g/mol. The molecule has 0 saturated carbocycles. The molecule has 0 aliphatic carbocycles. The predicted octanol–water partition coefficient (Wildman–Crippen LogP) is 0.588. The Morgan fingerprint density at radius 1 is 1.57 bits per heavy atom. The third-order valence-electron chi connectivity index (χ3n) is 2.11. The van der Waals surface area contributed by atoms with Crippen molar-refractivity contribution in [1.82, 2.24) is 4.57 Å². The molecule has 0 radical (unpaired) electrons. The number of halogens is 1. The van der Waals surface area contributed by atoms with Gasteiger partial charge in [0.25, 0.3) is 11.4 Å². The number of rotatable bonds is 0. The summed E-state index contributed by atoms with van der Waals surface area (Å²) in [5.74, 6) is 0.300. The van der Waals surface area contributed by atoms with Gasteiger partial charge < -0.3 is 4.57 Å². The zero-order valence-corrected chi connectivity index (χ0v) is 8.30. The van der Waals surface area contributed by atoms with Crippen LogP contribution < -0.4 is 16.3 Å². The van der Waals surface area contributed by atoms with E-state index in [9.17, 15) is 4.79 Å². The molecular formula is C9H9ClN3O+. The molecule has 4 nitrogen and oxygen atoms in total. The summed E-state index contributed by atoms with van der Waals surface area (Å²) in [5.41, 5.74) is 5.54. The molecule has 2 aromatic heterocycles. The summed E-state index contributed by atoms with van der Waals surface area (Å²) >= 11 is 5.77. The molecule has 2 aromatic rings. The second-order valence-electron chi connectivity index (χ2n) is 3.09. The van der Waals surface area contributed by atoms with Crippen LogP contribution in [0.1, 0.15) is 0 Å². The summed E-state index contributed by atoms with van der Waals surface area (Å²) in [6.07, 6.45) is 1.68. The van der Waals surface area contributed by atoms with Crippen molar-refractivity contribution in [3.63, 3.8) is 0 Å². The van der Waals surface area contributed by atoms with Crippen molar-refractivity contribution in [2.75, 3.05) is 5.73 Å². The number of pyridine rings is 2. The van der Waals surface area contributed by atoms with Gasteiger partial charge in [0.05, 0.1) is 0 Å². The van der Waals surface area contributed by atoms with Crippen LogP contribution in [-0.4, -0.2) is 4.57 Å². The van der Waals surface area contributed by atoms with Crippen LogP contribution in [0.5, 0.6) is 0 Å². The van der Waals surface area contributed by atoms with Crippen molar-refractivity contribution in [2.24, 2.45) is 7.05 Å². The van der Waals surface area contributed by atoms with Crippen LogP contribution in [0.3, 0.4) is 0 Å². The first-order chi connectivity index (χ1) is 6.59. The van der Waals surface area contributed by atoms with Crippen molar-refractivity contribution in [1.29, 1.82) is 0 Å². The van der Waals surface area contributed by atoms with E-state index >= 15 is 0 Å². The molecule has 2 heterocycles. The van der Waals surface area contributed by atoms with Crippen LogP contribution in [0.25, 0.3) is 10.8 Å². The number of hydrogen-bond acceptors (Lipinski definition) is 2. The molecule has 72 valence electrons. The van der Waals surface area contributed by atoms with E-state index in [1.807, 2.05) is 0 Å². The molecular weight excluding hydrogens is 202 g/mol. The average Bonchev–Trinajstić information content (AvgIpc) is 2.10. The highest BCUT2D eigenvalue weighted by atomic mass is 35.5. The van der Waals surface area contributed by atoms with Crippen LogP contribution in [-0.2, 0) is 7.05 Å². The van der Waals surface area contributed by atoms with Crippen molar-refractivity contribution >= 4 is 28.2 Å². The van der Waals surface area contributed by atoms with Gasteiger partial charge in [0.1, 0.15) is 5.39 Å². The molecule has 0 aliphatic heterocycles. The highest BCUT2D eigenvalue weighted by Gasteiger charge is 2.10. The fraction of sp³-hybridized carbons (Fsp3) is 0.111. The number of nitrogen functional groups attached to an aromatic ring is 1. The Kier molecular flexibility index (Phi) is 1.93. The third kappa shape index (κ3) is 1.24. The molecule has 0 aliphatic rings. The minimum absolute atomic E-state index is 0.132. The summed E-state index contributed by atoms with van der Waals surface area (Å²) < 4.78 is 1.47. The van der Waals surface area contributed by atoms with Crippen LogP contribution in [0.2, 0.25) is 5.15 Å². The first-order valence-electron chi connectivity index (χ1n) is 4.06. The second kappa shape index (κ2) is 2.99. The lowest BCUT2D eigenvalue weighted by Gasteiger charge is -2.00. The smallest absolute Gasteiger partial charge is 0.284 e. The highest BCUT2D eigenvalue weighted by molar-refractivity contribution is 6.29. The van der Waals surface area contributed by atoms with Crippen molar-refractivity contribution in [2.45, 2.75) is 0 Å². The topological polar surface area (TPSA) is 62.2 Å². The van der Waals surface area contributed by atoms with Gasteiger partial charge >= 0.3 is 0 Å². The van der Waals surface area contributed by atoms with Crippen molar-refractivity contribution in [3.05, 3.63) is 33.8 Å². The zero-order chi connectivity index (χ0) is 10.3. The standard InChI is InChI=1S/C9H8ClN3O/c1-13-3-2-5-4-6(10)12-8(11)7(5)9(13)14/h2-4H,1H3,(H2,11,12)/p+1. The Morgan fingerprint density at radius 3 is 3.00 bits per heavy atom. The van der Waals surface area contributed by atoms with Crippen LogP contribution in [0, 0.1) is 0 Å². The van der Waals surface area contributed by atoms with Gasteiger partial charge in [-0.05, 0) is 17.7 Å². The van der Waals surface area contributed by atoms with Gasteiger partial charge in [-0.2, -0.15) is 0 Å². The highest BCUT2D eigenvalue weighted by Crippen LogP contribution is 2.15. The molecule has 0 saturated heterocycles. The number of aromatic amines is 1. The Labute approximate surface area is 84.9 Å². The molecule has 0 fully saturated rings. The van der Waals surface area contributed by atoms with Gasteiger partial charge in [-0.3, -0.25) is 10.5 Å². The molecule has 5 heteroatoms. The van der Waals surface area contributed by atoms with E-state index < -0.39 is 0 Å². The van der Waals surface area contributed by atoms with E-state index in [1.54, 1.807) is 25.4 Å². The molecule has 0 amide bonds. The maximum absolute atomic E-state index is 11.7. The minimum Gasteiger partial charge on any atom is -0.318 e. The third-order valence-corrected chi connectivity index (χ3v) is 2.31. The summed E-state index contributed by atoms with van der Waals surface area (Å²) in [6.45, 7) is 0. The van der Waals surface area contributed by atoms with Gasteiger partial charge in [0.2, 0.25) is 0 Å². The fourth-order valence-corrected chi connectivity index (χ4v) is 1.62. The van der Waals surface area contributed by atoms with Gasteiger partial charge in [0.15, 0.2) is 5.15 Å². The Bertz CT molecular complexity index is 562. The Morgan fingerprint density at radius 2 is 2.29 bits per heavy atom. The SMILES string of the molecule is Cn1ccc2cc(Cl)[nH+]c(N)c2c1=O. The fourth-order valence-electron chi connectivity index (χ4n) is 1.40. The minimum atomic E-state index is -0.132. The van der Waals surface area contributed by atoms with Crippen molar-refractivity contribution in [3.8, 4) is 0 Å². The quantitative estimate of drug-likeness (QED) is 0.647. The van der Waals surface area contributed by atoms with Crippen molar-refractivity contribution < 1.29 is 4.98 Å². The number of aromatic nitrogens is 2. The van der Waals surface area contributed by atoms with E-state index in [2.05, 4.69) is 4.98 Å². The molecule has 0 unspecified atom stereocenters. The van der Waals surface area contributed by atoms with E-state index in [1.165, 1.54) is 4.57 Å². The first-order valence-corrected chi connectivity index (χ1v) is 4.44. The average molecular weight is 211 g/mol. The maximum atomic E-state index is 11.7. The number of anilines is 1. The summed E-state index contributed by atoms with van der Waals surface area (Å²) in [6, 6.07) is 3.47. The molecule has 0 bridgehead atoms. The normalized spacial score (nSPS) is 10.7. The Balaban J connectivity index is 3.03. The summed E-state index contributed by atoms with van der Waals surface area (Å²) in [7, 11) is 1.68. The number of fused-ring (bicyclic) bond motifs is 1. The van der Waals surface area contributed by atoms with Gasteiger partial charge in [-0.15, -0.1) is 0 Å². The first kappa shape index (κ1) is 9.02. The predicted molar refractivity (Wildman–Crippen MR) is 55.2 cm³/mol. The molecule has 0 atom stereocenters. The van der Waals surface area contributed by atoms with Gasteiger partial charge in [-0.25, -0.2) is 4.98 Å². The molecule has 0 aromatic carbocycles. The molecule has 0 spiro atoms. The van der Waals surface area contributed by atoms with Crippen LogP contribution in [0.15, 0.2) is 23.1 Å². The van der Waals surface area contributed by atoms with E-state index in [0.717, 1.165) is 5.39 Å². The maximum Gasteiger partial charge on any atom is 0.284 e. The lowest BCUT2D eigenvalue weighted by Crippen LogP contribution is -2.21. The van der Waals surface area contributed by atoms with Crippen LogP contribution >= 0.6 is 11.6 Å². The molecule has 14 heavy (non-hydrogen) atoms. The number of nitrogens with zero attached hydrogens (tertiary/aromatic N) is 1. The van der Waals surface area contributed by atoms with E-state index in [-0.39, 0.29) is 5.56 Å². The Hall–Kier alpha value is -1.55. The summed E-state index contributed by atoms with van der Waals surface area (Å²) in [5, 5.41) is 1.64. The number of nitrogens with one attached hydrogen (secondary N) is 1. The molecule has 2 rings (SSSR count). The van der Waals surface area contributed by atoms with Gasteiger partial charge in [-0.1, -0.05) is 0 Å². The number of aryl methyl sites for hydroxylation is 1. The second-order valence-corrected chi connectivity index (χ2v) is 3.50. The zero-order valence-electron chi connectivity index (χ0n) is 7.54. The van der Waals surface area contributed by atoms with E-state index in [4.69, 9.17) is 17.3 Å². The van der Waals surface area contributed by atoms with Gasteiger partial charge in [0, 0.05) is 24.7 Å². The number of hydrogen-bond donors (Lipinski definition) is 1. The lowest BCUT2D eigenvalue weighted by atomic mass is 10.2. The van der Waals surface area contributed by atoms with Crippen LogP contribution in [0.4, 0.5) is 5.82 Å². The number of H-pyrrole nitrogens is 1. The lowest BCUT2D eigenvalue weighted by molar-refractivity contribution is -0.356. The summed E-state index contributed by atoms with van der Waals surface area (Å²) in [4.78, 5) is 14.4. The van der Waals surface area contributed by atoms with E-state index in [0.29, 0.717) is 16.4 Å². The number of nitrogens with two attached hydrogens (primary N) is 1. The largest absolute Gasteiger partial charge is 0.318 e. The molecule has 3 N–H and O–H groups in total.